The minimum absolute atomic E-state index is 0.0680. The standard InChI is InChI=1S/C25H31ClF2N4O3S/c1-29-14-11-20(12-15-29)30(2)25(33)31-13-3-4-21(17-31)32(24-16-19(27)7-10-23(24)28)36(34,35)22-8-5-18(26)6-9-22/h5-10,16,20-21H,3-4,11-15,17H2,1-2H3. The van der Waals surface area contributed by atoms with Crippen molar-refractivity contribution in [1.29, 1.82) is 0 Å². The second-order valence-corrected chi connectivity index (χ2v) is 11.8. The van der Waals surface area contributed by atoms with Gasteiger partial charge in [-0.3, -0.25) is 4.31 Å². The first-order valence-corrected chi connectivity index (χ1v) is 13.8. The van der Waals surface area contributed by atoms with E-state index in [0.29, 0.717) is 24.4 Å². The second-order valence-electron chi connectivity index (χ2n) is 9.52. The molecule has 2 saturated heterocycles. The number of anilines is 1. The highest BCUT2D eigenvalue weighted by Gasteiger charge is 2.38. The molecule has 1 atom stereocenters. The molecule has 2 aromatic rings. The Hall–Kier alpha value is -2.43. The molecule has 2 aromatic carbocycles. The van der Waals surface area contributed by atoms with Crippen molar-refractivity contribution in [2.75, 3.05) is 44.6 Å². The van der Waals surface area contributed by atoms with E-state index in [-0.39, 0.29) is 29.2 Å². The maximum atomic E-state index is 15.0. The summed E-state index contributed by atoms with van der Waals surface area (Å²) in [4.78, 5) is 18.9. The van der Waals surface area contributed by atoms with E-state index >= 15 is 0 Å². The van der Waals surface area contributed by atoms with Crippen LogP contribution in [0.4, 0.5) is 19.3 Å². The number of halogens is 3. The van der Waals surface area contributed by atoms with E-state index in [1.54, 1.807) is 16.8 Å². The molecule has 2 aliphatic rings. The molecule has 1 unspecified atom stereocenters. The van der Waals surface area contributed by atoms with Crippen LogP contribution in [0.25, 0.3) is 0 Å². The second kappa shape index (κ2) is 10.9. The highest BCUT2D eigenvalue weighted by Crippen LogP contribution is 2.33. The lowest BCUT2D eigenvalue weighted by Crippen LogP contribution is -2.56. The van der Waals surface area contributed by atoms with E-state index in [1.807, 2.05) is 0 Å². The molecule has 0 aliphatic carbocycles. The molecule has 0 bridgehead atoms. The van der Waals surface area contributed by atoms with Crippen LogP contribution in [0.3, 0.4) is 0 Å². The van der Waals surface area contributed by atoms with E-state index in [0.717, 1.165) is 48.4 Å². The van der Waals surface area contributed by atoms with Gasteiger partial charge in [-0.2, -0.15) is 0 Å². The number of amides is 2. The van der Waals surface area contributed by atoms with Crippen LogP contribution in [0.2, 0.25) is 5.02 Å². The Morgan fingerprint density at radius 1 is 1.00 bits per heavy atom. The molecule has 36 heavy (non-hydrogen) atoms. The van der Waals surface area contributed by atoms with Gasteiger partial charge in [0.15, 0.2) is 0 Å². The largest absolute Gasteiger partial charge is 0.325 e. The molecule has 0 saturated carbocycles. The van der Waals surface area contributed by atoms with Gasteiger partial charge in [-0.25, -0.2) is 22.0 Å². The molecule has 0 N–H and O–H groups in total. The molecule has 7 nitrogen and oxygen atoms in total. The van der Waals surface area contributed by atoms with Gasteiger partial charge in [0.1, 0.15) is 11.6 Å². The molecule has 196 valence electrons. The summed E-state index contributed by atoms with van der Waals surface area (Å²) in [6.07, 6.45) is 2.65. The van der Waals surface area contributed by atoms with Gasteiger partial charge in [0.2, 0.25) is 0 Å². The molecule has 4 rings (SSSR count). The SMILES string of the molecule is CN1CCC(N(C)C(=O)N2CCCC(N(c3cc(F)ccc3F)S(=O)(=O)c3ccc(Cl)cc3)C2)CC1. The Labute approximate surface area is 216 Å². The highest BCUT2D eigenvalue weighted by atomic mass is 35.5. The number of piperidine rings is 2. The Morgan fingerprint density at radius 2 is 1.67 bits per heavy atom. The lowest BCUT2D eigenvalue weighted by molar-refractivity contribution is 0.111. The highest BCUT2D eigenvalue weighted by molar-refractivity contribution is 7.92. The third-order valence-corrected chi connectivity index (χ3v) is 9.18. The van der Waals surface area contributed by atoms with Crippen LogP contribution >= 0.6 is 11.6 Å². The number of sulfonamides is 1. The van der Waals surface area contributed by atoms with Crippen molar-refractivity contribution in [3.8, 4) is 0 Å². The lowest BCUT2D eigenvalue weighted by atomic mass is 10.0. The zero-order valence-electron chi connectivity index (χ0n) is 20.4. The van der Waals surface area contributed by atoms with Crippen LogP contribution in [0.5, 0.6) is 0 Å². The van der Waals surface area contributed by atoms with Gasteiger partial charge in [-0.15, -0.1) is 0 Å². The summed E-state index contributed by atoms with van der Waals surface area (Å²) in [5.74, 6) is -1.62. The van der Waals surface area contributed by atoms with Gasteiger partial charge in [0.25, 0.3) is 10.0 Å². The maximum Gasteiger partial charge on any atom is 0.320 e. The Balaban J connectivity index is 1.65. The number of carbonyl (C=O) groups excluding carboxylic acids is 1. The van der Waals surface area contributed by atoms with Gasteiger partial charge in [-0.1, -0.05) is 11.6 Å². The molecule has 2 aliphatic heterocycles. The molecule has 0 spiro atoms. The van der Waals surface area contributed by atoms with Crippen LogP contribution < -0.4 is 4.31 Å². The smallest absolute Gasteiger partial charge is 0.320 e. The fraction of sp³-hybridized carbons (Fsp3) is 0.480. The van der Waals surface area contributed by atoms with Gasteiger partial charge in [0, 0.05) is 37.3 Å². The first-order valence-electron chi connectivity index (χ1n) is 12.0. The summed E-state index contributed by atoms with van der Waals surface area (Å²) in [6.45, 7) is 2.33. The minimum Gasteiger partial charge on any atom is -0.325 e. The average Bonchev–Trinajstić information content (AvgIpc) is 2.86. The summed E-state index contributed by atoms with van der Waals surface area (Å²) >= 11 is 5.94. The molecular weight excluding hydrogens is 510 g/mol. The molecule has 0 radical (unpaired) electrons. The summed E-state index contributed by atoms with van der Waals surface area (Å²) in [6, 6.07) is 7.42. The number of carbonyl (C=O) groups is 1. The number of hydrogen-bond acceptors (Lipinski definition) is 4. The number of nitrogens with zero attached hydrogens (tertiary/aromatic N) is 4. The van der Waals surface area contributed by atoms with E-state index in [1.165, 1.54) is 24.3 Å². The van der Waals surface area contributed by atoms with Gasteiger partial charge in [0.05, 0.1) is 16.6 Å². The third-order valence-electron chi connectivity index (χ3n) is 7.05. The summed E-state index contributed by atoms with van der Waals surface area (Å²) < 4.78 is 57.6. The monoisotopic (exact) mass is 540 g/mol. The van der Waals surface area contributed by atoms with E-state index in [2.05, 4.69) is 11.9 Å². The van der Waals surface area contributed by atoms with Crippen molar-refractivity contribution >= 4 is 33.3 Å². The van der Waals surface area contributed by atoms with Crippen molar-refractivity contribution < 1.29 is 22.0 Å². The third kappa shape index (κ3) is 5.60. The minimum atomic E-state index is -4.29. The molecule has 11 heteroatoms. The zero-order chi connectivity index (χ0) is 26.0. The van der Waals surface area contributed by atoms with Crippen molar-refractivity contribution in [3.63, 3.8) is 0 Å². The summed E-state index contributed by atoms with van der Waals surface area (Å²) in [5, 5.41) is 0.351. The zero-order valence-corrected chi connectivity index (χ0v) is 22.0. The number of benzene rings is 2. The van der Waals surface area contributed by atoms with E-state index in [4.69, 9.17) is 11.6 Å². The fourth-order valence-electron chi connectivity index (χ4n) is 4.98. The number of likely N-dealkylation sites (tertiary alicyclic amines) is 2. The maximum absolute atomic E-state index is 15.0. The van der Waals surface area contributed by atoms with Crippen LogP contribution in [-0.4, -0.2) is 81.5 Å². The van der Waals surface area contributed by atoms with Gasteiger partial charge in [-0.05, 0) is 82.2 Å². The molecule has 2 heterocycles. The molecular formula is C25H31ClF2N4O3S. The molecule has 2 fully saturated rings. The summed E-state index contributed by atoms with van der Waals surface area (Å²) in [7, 11) is -0.470. The van der Waals surface area contributed by atoms with E-state index in [9.17, 15) is 22.0 Å². The fourth-order valence-corrected chi connectivity index (χ4v) is 6.78. The van der Waals surface area contributed by atoms with E-state index < -0.39 is 27.7 Å². The van der Waals surface area contributed by atoms with Crippen LogP contribution in [-0.2, 0) is 10.0 Å². The quantitative estimate of drug-likeness (QED) is 0.563. The van der Waals surface area contributed by atoms with Crippen molar-refractivity contribution in [2.45, 2.75) is 42.7 Å². The van der Waals surface area contributed by atoms with Crippen molar-refractivity contribution in [3.05, 3.63) is 59.1 Å². The predicted octanol–water partition coefficient (Wildman–Crippen LogP) is 4.42. The Bertz CT molecular complexity index is 1190. The molecule has 2 amide bonds. The van der Waals surface area contributed by atoms with Gasteiger partial charge >= 0.3 is 6.03 Å². The van der Waals surface area contributed by atoms with Crippen LogP contribution in [0.15, 0.2) is 47.4 Å². The van der Waals surface area contributed by atoms with Crippen molar-refractivity contribution in [1.82, 2.24) is 14.7 Å². The predicted molar refractivity (Wildman–Crippen MR) is 136 cm³/mol. The number of urea groups is 1. The first-order chi connectivity index (χ1) is 17.1. The normalized spacial score (nSPS) is 19.8. The Kier molecular flexibility index (Phi) is 8.06. The van der Waals surface area contributed by atoms with Gasteiger partial charge < -0.3 is 14.7 Å². The first kappa shape index (κ1) is 26.6. The average molecular weight is 541 g/mol. The van der Waals surface area contributed by atoms with Crippen molar-refractivity contribution in [2.24, 2.45) is 0 Å². The van der Waals surface area contributed by atoms with Crippen LogP contribution in [0, 0.1) is 11.6 Å². The Morgan fingerprint density at radius 3 is 2.33 bits per heavy atom. The number of hydrogen-bond donors (Lipinski definition) is 0. The lowest BCUT2D eigenvalue weighted by Gasteiger charge is -2.42. The molecule has 0 aromatic heterocycles. The topological polar surface area (TPSA) is 64.2 Å². The number of rotatable bonds is 5. The van der Waals surface area contributed by atoms with Crippen LogP contribution in [0.1, 0.15) is 25.7 Å². The summed E-state index contributed by atoms with van der Waals surface area (Å²) in [5.41, 5.74) is -0.382.